The molecule has 3 amide bonds. The Morgan fingerprint density at radius 2 is 1.74 bits per heavy atom. The molecule has 0 aliphatic carbocycles. The number of hydrogen-bond donors (Lipinski definition) is 3. The zero-order valence-corrected chi connectivity index (χ0v) is 22.6. The van der Waals surface area contributed by atoms with Crippen LogP contribution in [0.2, 0.25) is 0 Å². The molecule has 1 aliphatic heterocycles. The molecule has 2 aromatic rings. The number of nitrogens with one attached hydrogen (secondary N) is 2. The molecular formula is C27H29F6N5O4. The summed E-state index contributed by atoms with van der Waals surface area (Å²) in [6, 6.07) is 8.15. The van der Waals surface area contributed by atoms with Crippen LogP contribution < -0.4 is 21.1 Å². The fraction of sp³-hybridized carbons (Fsp3) is 0.444. The summed E-state index contributed by atoms with van der Waals surface area (Å²) in [5.74, 6) is -6.53. The Balaban J connectivity index is 2.01. The van der Waals surface area contributed by atoms with E-state index >= 15 is 0 Å². The fourth-order valence-electron chi connectivity index (χ4n) is 4.53. The second kappa shape index (κ2) is 13.2. The van der Waals surface area contributed by atoms with Gasteiger partial charge in [0, 0.05) is 36.4 Å². The minimum absolute atomic E-state index is 0.143. The summed E-state index contributed by atoms with van der Waals surface area (Å²) in [6.45, 7) is 1.80. The number of pyridine rings is 1. The number of carbonyl (C=O) groups is 3. The number of hydrogen-bond acceptors (Lipinski definition) is 6. The Bertz CT molecular complexity index is 1330. The average molecular weight is 602 g/mol. The van der Waals surface area contributed by atoms with Gasteiger partial charge in [-0.1, -0.05) is 18.2 Å². The minimum Gasteiger partial charge on any atom is -0.495 e. The summed E-state index contributed by atoms with van der Waals surface area (Å²) in [7, 11) is 1.36. The molecule has 228 valence electrons. The Hall–Kier alpha value is -4.17. The molecule has 3 atom stereocenters. The monoisotopic (exact) mass is 601 g/mol. The molecule has 0 fully saturated rings. The van der Waals surface area contributed by atoms with Crippen LogP contribution in [0.4, 0.5) is 32.0 Å². The van der Waals surface area contributed by atoms with Crippen LogP contribution in [0.5, 0.6) is 5.75 Å². The number of benzodiazepines with no additional fused rings is 1. The smallest absolute Gasteiger partial charge is 0.389 e. The van der Waals surface area contributed by atoms with Crippen LogP contribution in [0.25, 0.3) is 0 Å². The van der Waals surface area contributed by atoms with E-state index in [-0.39, 0.29) is 17.1 Å². The molecule has 0 saturated carbocycles. The summed E-state index contributed by atoms with van der Waals surface area (Å²) in [4.78, 5) is 47.5. The highest BCUT2D eigenvalue weighted by molar-refractivity contribution is 6.19. The first-order valence-corrected chi connectivity index (χ1v) is 12.8. The third-order valence-electron chi connectivity index (χ3n) is 6.59. The highest BCUT2D eigenvalue weighted by Gasteiger charge is 2.39. The number of benzene rings is 1. The van der Waals surface area contributed by atoms with E-state index in [0.717, 1.165) is 5.56 Å². The van der Waals surface area contributed by atoms with Gasteiger partial charge in [-0.05, 0) is 43.9 Å². The Morgan fingerprint density at radius 3 is 2.31 bits per heavy atom. The van der Waals surface area contributed by atoms with Crippen molar-refractivity contribution in [1.29, 1.82) is 0 Å². The van der Waals surface area contributed by atoms with Gasteiger partial charge in [-0.15, -0.1) is 0 Å². The molecule has 15 heteroatoms. The lowest BCUT2D eigenvalue weighted by atomic mass is 9.83. The van der Waals surface area contributed by atoms with Crippen molar-refractivity contribution in [1.82, 2.24) is 10.3 Å². The average Bonchev–Trinajstić information content (AvgIpc) is 3.02. The van der Waals surface area contributed by atoms with E-state index in [1.54, 1.807) is 43.5 Å². The molecule has 1 aromatic heterocycles. The zero-order chi connectivity index (χ0) is 31.2. The topological polar surface area (TPSA) is 136 Å². The van der Waals surface area contributed by atoms with Crippen LogP contribution in [0.1, 0.15) is 48.9 Å². The van der Waals surface area contributed by atoms with E-state index in [0.29, 0.717) is 11.3 Å². The number of alkyl halides is 6. The van der Waals surface area contributed by atoms with E-state index in [4.69, 9.17) is 10.5 Å². The number of rotatable bonds is 11. The van der Waals surface area contributed by atoms with Crippen molar-refractivity contribution in [3.63, 3.8) is 0 Å². The summed E-state index contributed by atoms with van der Waals surface area (Å²) < 4.78 is 82.7. The highest BCUT2D eigenvalue weighted by Crippen LogP contribution is 2.34. The largest absolute Gasteiger partial charge is 0.495 e. The van der Waals surface area contributed by atoms with Crippen LogP contribution >= 0.6 is 0 Å². The van der Waals surface area contributed by atoms with Crippen LogP contribution in [-0.4, -0.2) is 54.0 Å². The maximum atomic E-state index is 13.4. The number of carbonyl (C=O) groups excluding carboxylic acids is 3. The number of aromatic nitrogens is 1. The number of ether oxygens (including phenoxy) is 1. The number of primary amides is 1. The van der Waals surface area contributed by atoms with E-state index < -0.39 is 80.2 Å². The number of amides is 3. The van der Waals surface area contributed by atoms with Gasteiger partial charge in [0.2, 0.25) is 18.0 Å². The molecule has 3 rings (SSSR count). The predicted octanol–water partition coefficient (Wildman–Crippen LogP) is 4.42. The number of nitrogens with zero attached hydrogens (tertiary/aromatic N) is 2. The van der Waals surface area contributed by atoms with Crippen molar-refractivity contribution < 1.29 is 45.5 Å². The first kappa shape index (κ1) is 32.3. The Kier molecular flexibility index (Phi) is 10.2. The zero-order valence-electron chi connectivity index (χ0n) is 22.6. The van der Waals surface area contributed by atoms with Gasteiger partial charge in [0.05, 0.1) is 24.2 Å². The molecule has 0 radical (unpaired) electrons. The Morgan fingerprint density at radius 1 is 1.05 bits per heavy atom. The third kappa shape index (κ3) is 8.66. The van der Waals surface area contributed by atoms with Gasteiger partial charge in [-0.3, -0.25) is 19.4 Å². The number of fused-ring (bicyclic) bond motifs is 1. The molecule has 0 saturated heterocycles. The first-order valence-electron chi connectivity index (χ1n) is 12.8. The van der Waals surface area contributed by atoms with Gasteiger partial charge in [-0.2, -0.15) is 26.3 Å². The van der Waals surface area contributed by atoms with Crippen molar-refractivity contribution in [3.8, 4) is 5.75 Å². The van der Waals surface area contributed by atoms with Crippen LogP contribution in [0.3, 0.4) is 0 Å². The SMILES string of the molecule is COc1cccc2c1NC(=O)[C@@H](NC(=O)[C@H](CCCC(F)(F)F)[C@H](CCC(F)(F)F)C(N)=O)N=C2c1ccc(C)cn1. The predicted molar refractivity (Wildman–Crippen MR) is 140 cm³/mol. The summed E-state index contributed by atoms with van der Waals surface area (Å²) in [6.07, 6.45) is -14.5. The van der Waals surface area contributed by atoms with Gasteiger partial charge < -0.3 is 21.1 Å². The molecule has 0 bridgehead atoms. The summed E-state index contributed by atoms with van der Waals surface area (Å²) in [5, 5.41) is 4.89. The van der Waals surface area contributed by atoms with E-state index in [9.17, 15) is 40.7 Å². The van der Waals surface area contributed by atoms with E-state index in [1.165, 1.54) is 7.11 Å². The molecule has 0 spiro atoms. The van der Waals surface area contributed by atoms with Crippen molar-refractivity contribution in [3.05, 3.63) is 53.3 Å². The second-order valence-electron chi connectivity index (χ2n) is 9.76. The van der Waals surface area contributed by atoms with Crippen molar-refractivity contribution in [2.75, 3.05) is 12.4 Å². The molecular weight excluding hydrogens is 572 g/mol. The van der Waals surface area contributed by atoms with Gasteiger partial charge in [0.1, 0.15) is 5.75 Å². The van der Waals surface area contributed by atoms with Gasteiger partial charge in [-0.25, -0.2) is 4.99 Å². The number of halogens is 6. The molecule has 4 N–H and O–H groups in total. The number of aliphatic imine (C=N–C) groups is 1. The number of aryl methyl sites for hydroxylation is 1. The first-order chi connectivity index (χ1) is 19.6. The van der Waals surface area contributed by atoms with Crippen molar-refractivity contribution in [2.45, 2.75) is 57.5 Å². The summed E-state index contributed by atoms with van der Waals surface area (Å²) >= 11 is 0. The molecule has 2 heterocycles. The standard InChI is InChI=1S/C27H29F6N5O4/c1-14-8-9-18(35-13-14)20-17-5-3-7-19(42-2)21(17)37-25(41)23(36-20)38-24(40)16(6-4-11-26(28,29)30)15(22(34)39)10-12-27(31,32)33/h3,5,7-9,13,15-16,23H,4,6,10-12H2,1-2H3,(H2,34,39)(H,37,41)(H,38,40)/t15-,16+,23+/m0/s1. The van der Waals surface area contributed by atoms with Crippen LogP contribution in [0.15, 0.2) is 41.5 Å². The van der Waals surface area contributed by atoms with Gasteiger partial charge in [0.25, 0.3) is 5.91 Å². The third-order valence-corrected chi connectivity index (χ3v) is 6.59. The maximum absolute atomic E-state index is 13.4. The number of nitrogens with two attached hydrogens (primary N) is 1. The summed E-state index contributed by atoms with van der Waals surface area (Å²) in [5.41, 5.74) is 7.14. The maximum Gasteiger partial charge on any atom is 0.389 e. The van der Waals surface area contributed by atoms with Crippen molar-refractivity contribution >= 4 is 29.1 Å². The lowest BCUT2D eigenvalue weighted by molar-refractivity contribution is -0.147. The lowest BCUT2D eigenvalue weighted by Crippen LogP contribution is -2.48. The quantitative estimate of drug-likeness (QED) is 0.328. The van der Waals surface area contributed by atoms with Crippen LogP contribution in [-0.2, 0) is 14.4 Å². The van der Waals surface area contributed by atoms with E-state index in [1.807, 2.05) is 0 Å². The molecule has 42 heavy (non-hydrogen) atoms. The second-order valence-corrected chi connectivity index (χ2v) is 9.76. The van der Waals surface area contributed by atoms with Gasteiger partial charge in [0.15, 0.2) is 0 Å². The fourth-order valence-corrected chi connectivity index (χ4v) is 4.53. The number of para-hydroxylation sites is 1. The van der Waals surface area contributed by atoms with Crippen LogP contribution in [0, 0.1) is 18.8 Å². The molecule has 0 unspecified atom stereocenters. The number of methoxy groups -OCH3 is 1. The van der Waals surface area contributed by atoms with Gasteiger partial charge >= 0.3 is 12.4 Å². The van der Waals surface area contributed by atoms with E-state index in [2.05, 4.69) is 20.6 Å². The van der Waals surface area contributed by atoms with Crippen molar-refractivity contribution in [2.24, 2.45) is 22.6 Å². The molecule has 1 aromatic carbocycles. The molecule has 1 aliphatic rings. The normalized spacial score (nSPS) is 16.8. The Labute approximate surface area is 236 Å². The minimum atomic E-state index is -4.72. The highest BCUT2D eigenvalue weighted by atomic mass is 19.4. The lowest BCUT2D eigenvalue weighted by Gasteiger charge is -2.26. The molecule has 9 nitrogen and oxygen atoms in total. The number of anilines is 1.